The SMILES string of the molecule is CC(CC#N)N(C)c1ccc(N(C)C)cc1. The van der Waals surface area contributed by atoms with Crippen LogP contribution in [0.2, 0.25) is 0 Å². The fraction of sp³-hybridized carbons (Fsp3) is 0.462. The lowest BCUT2D eigenvalue weighted by atomic mass is 10.2. The fourth-order valence-electron chi connectivity index (χ4n) is 1.51. The number of nitriles is 1. The van der Waals surface area contributed by atoms with Gasteiger partial charge in [-0.3, -0.25) is 0 Å². The van der Waals surface area contributed by atoms with Crippen LogP contribution in [-0.2, 0) is 0 Å². The predicted octanol–water partition coefficient (Wildman–Crippen LogP) is 2.49. The molecule has 0 aliphatic heterocycles. The van der Waals surface area contributed by atoms with Crippen molar-refractivity contribution in [2.75, 3.05) is 30.9 Å². The molecule has 0 heterocycles. The summed E-state index contributed by atoms with van der Waals surface area (Å²) in [4.78, 5) is 4.20. The minimum absolute atomic E-state index is 0.246. The van der Waals surface area contributed by atoms with Gasteiger partial charge in [-0.05, 0) is 31.2 Å². The van der Waals surface area contributed by atoms with Crippen molar-refractivity contribution in [1.29, 1.82) is 5.26 Å². The van der Waals surface area contributed by atoms with Gasteiger partial charge in [0.15, 0.2) is 0 Å². The molecule has 1 aromatic carbocycles. The molecule has 0 fully saturated rings. The minimum atomic E-state index is 0.246. The highest BCUT2D eigenvalue weighted by atomic mass is 15.1. The monoisotopic (exact) mass is 217 g/mol. The smallest absolute Gasteiger partial charge is 0.0643 e. The van der Waals surface area contributed by atoms with Gasteiger partial charge >= 0.3 is 0 Å². The van der Waals surface area contributed by atoms with E-state index in [0.29, 0.717) is 6.42 Å². The van der Waals surface area contributed by atoms with Crippen LogP contribution < -0.4 is 9.80 Å². The summed E-state index contributed by atoms with van der Waals surface area (Å²) in [5, 5.41) is 8.67. The van der Waals surface area contributed by atoms with Gasteiger partial charge in [-0.25, -0.2) is 0 Å². The Morgan fingerprint density at radius 2 is 1.62 bits per heavy atom. The molecule has 1 unspecified atom stereocenters. The summed E-state index contributed by atoms with van der Waals surface area (Å²) >= 11 is 0. The molecule has 1 atom stereocenters. The number of hydrogen-bond acceptors (Lipinski definition) is 3. The Hall–Kier alpha value is -1.69. The Morgan fingerprint density at radius 3 is 2.06 bits per heavy atom. The standard InChI is InChI=1S/C13H19N3/c1-11(9-10-14)16(4)13-7-5-12(6-8-13)15(2)3/h5-8,11H,9H2,1-4H3. The molecule has 0 spiro atoms. The number of anilines is 2. The van der Waals surface area contributed by atoms with Crippen LogP contribution in [0.25, 0.3) is 0 Å². The minimum Gasteiger partial charge on any atom is -0.378 e. The van der Waals surface area contributed by atoms with Crippen LogP contribution in [0.15, 0.2) is 24.3 Å². The Bertz CT molecular complexity index is 362. The molecule has 0 saturated heterocycles. The van der Waals surface area contributed by atoms with Crippen LogP contribution in [0.5, 0.6) is 0 Å². The van der Waals surface area contributed by atoms with Crippen molar-refractivity contribution in [3.63, 3.8) is 0 Å². The molecule has 0 aromatic heterocycles. The Balaban J connectivity index is 2.78. The normalized spacial score (nSPS) is 11.7. The lowest BCUT2D eigenvalue weighted by molar-refractivity contribution is 0.702. The lowest BCUT2D eigenvalue weighted by Gasteiger charge is -2.25. The molecular formula is C13H19N3. The van der Waals surface area contributed by atoms with Gasteiger partial charge in [0.1, 0.15) is 0 Å². The second-order valence-corrected chi connectivity index (χ2v) is 4.23. The maximum absolute atomic E-state index is 8.67. The first-order valence-corrected chi connectivity index (χ1v) is 5.43. The van der Waals surface area contributed by atoms with E-state index in [2.05, 4.69) is 47.1 Å². The van der Waals surface area contributed by atoms with Gasteiger partial charge < -0.3 is 9.80 Å². The summed E-state index contributed by atoms with van der Waals surface area (Å²) in [5.74, 6) is 0. The highest BCUT2D eigenvalue weighted by Crippen LogP contribution is 2.20. The molecule has 0 aliphatic rings. The predicted molar refractivity (Wildman–Crippen MR) is 68.9 cm³/mol. The molecule has 3 nitrogen and oxygen atoms in total. The molecule has 1 aromatic rings. The quantitative estimate of drug-likeness (QED) is 0.776. The van der Waals surface area contributed by atoms with Crippen LogP contribution in [0.1, 0.15) is 13.3 Å². The Labute approximate surface area is 97.9 Å². The summed E-state index contributed by atoms with van der Waals surface area (Å²) in [6.45, 7) is 2.06. The van der Waals surface area contributed by atoms with Gasteiger partial charge in [0.05, 0.1) is 12.5 Å². The molecule has 0 amide bonds. The lowest BCUT2D eigenvalue weighted by Crippen LogP contribution is -2.28. The zero-order chi connectivity index (χ0) is 12.1. The third kappa shape index (κ3) is 2.90. The Kier molecular flexibility index (Phi) is 4.19. The van der Waals surface area contributed by atoms with Crippen LogP contribution >= 0.6 is 0 Å². The molecular weight excluding hydrogens is 198 g/mol. The first kappa shape index (κ1) is 12.4. The average molecular weight is 217 g/mol. The van der Waals surface area contributed by atoms with Crippen molar-refractivity contribution in [3.8, 4) is 6.07 Å². The van der Waals surface area contributed by atoms with E-state index in [1.807, 2.05) is 21.1 Å². The molecule has 0 radical (unpaired) electrons. The Morgan fingerprint density at radius 1 is 1.12 bits per heavy atom. The zero-order valence-electron chi connectivity index (χ0n) is 10.4. The van der Waals surface area contributed by atoms with Crippen molar-refractivity contribution in [3.05, 3.63) is 24.3 Å². The van der Waals surface area contributed by atoms with Gasteiger partial charge in [0, 0.05) is 38.6 Å². The van der Waals surface area contributed by atoms with Gasteiger partial charge in [-0.2, -0.15) is 5.26 Å². The number of nitrogens with zero attached hydrogens (tertiary/aromatic N) is 3. The van der Waals surface area contributed by atoms with E-state index in [1.165, 1.54) is 5.69 Å². The maximum Gasteiger partial charge on any atom is 0.0643 e. The van der Waals surface area contributed by atoms with Crippen LogP contribution in [0.4, 0.5) is 11.4 Å². The first-order valence-electron chi connectivity index (χ1n) is 5.43. The second kappa shape index (κ2) is 5.41. The van der Waals surface area contributed by atoms with Crippen molar-refractivity contribution in [2.45, 2.75) is 19.4 Å². The van der Waals surface area contributed by atoms with Crippen molar-refractivity contribution in [1.82, 2.24) is 0 Å². The highest BCUT2D eigenvalue weighted by molar-refractivity contribution is 5.55. The molecule has 3 heteroatoms. The number of hydrogen-bond donors (Lipinski definition) is 0. The van der Waals surface area contributed by atoms with Gasteiger partial charge in [0.2, 0.25) is 0 Å². The van der Waals surface area contributed by atoms with E-state index in [0.717, 1.165) is 5.69 Å². The van der Waals surface area contributed by atoms with E-state index >= 15 is 0 Å². The van der Waals surface area contributed by atoms with Crippen LogP contribution in [-0.4, -0.2) is 27.2 Å². The fourth-order valence-corrected chi connectivity index (χ4v) is 1.51. The molecule has 0 N–H and O–H groups in total. The van der Waals surface area contributed by atoms with Gasteiger partial charge in [-0.15, -0.1) is 0 Å². The molecule has 16 heavy (non-hydrogen) atoms. The molecule has 86 valence electrons. The maximum atomic E-state index is 8.67. The van der Waals surface area contributed by atoms with Gasteiger partial charge in [-0.1, -0.05) is 0 Å². The summed E-state index contributed by atoms with van der Waals surface area (Å²) in [6, 6.07) is 10.8. The number of benzene rings is 1. The summed E-state index contributed by atoms with van der Waals surface area (Å²) in [6.07, 6.45) is 0.548. The van der Waals surface area contributed by atoms with Crippen molar-refractivity contribution in [2.24, 2.45) is 0 Å². The van der Waals surface area contributed by atoms with E-state index in [4.69, 9.17) is 5.26 Å². The molecule has 1 rings (SSSR count). The topological polar surface area (TPSA) is 30.3 Å². The van der Waals surface area contributed by atoms with Crippen LogP contribution in [0.3, 0.4) is 0 Å². The largest absolute Gasteiger partial charge is 0.378 e. The first-order chi connectivity index (χ1) is 7.56. The van der Waals surface area contributed by atoms with Gasteiger partial charge in [0.25, 0.3) is 0 Å². The van der Waals surface area contributed by atoms with Crippen molar-refractivity contribution >= 4 is 11.4 Å². The molecule has 0 aliphatic carbocycles. The summed E-state index contributed by atoms with van der Waals surface area (Å²) in [5.41, 5.74) is 2.33. The molecule has 0 bridgehead atoms. The van der Waals surface area contributed by atoms with E-state index in [1.54, 1.807) is 0 Å². The van der Waals surface area contributed by atoms with E-state index in [-0.39, 0.29) is 6.04 Å². The summed E-state index contributed by atoms with van der Waals surface area (Å²) < 4.78 is 0. The molecule has 0 saturated carbocycles. The van der Waals surface area contributed by atoms with E-state index < -0.39 is 0 Å². The summed E-state index contributed by atoms with van der Waals surface area (Å²) in [7, 11) is 6.07. The third-order valence-electron chi connectivity index (χ3n) is 2.82. The van der Waals surface area contributed by atoms with E-state index in [9.17, 15) is 0 Å². The van der Waals surface area contributed by atoms with Crippen LogP contribution in [0, 0.1) is 11.3 Å². The third-order valence-corrected chi connectivity index (χ3v) is 2.82. The average Bonchev–Trinajstić information content (AvgIpc) is 2.28. The van der Waals surface area contributed by atoms with Crippen molar-refractivity contribution < 1.29 is 0 Å². The zero-order valence-corrected chi connectivity index (χ0v) is 10.4. The number of rotatable bonds is 4. The highest BCUT2D eigenvalue weighted by Gasteiger charge is 2.09. The second-order valence-electron chi connectivity index (χ2n) is 4.23.